The molecule has 3 rings (SSSR count). The highest BCUT2D eigenvalue weighted by molar-refractivity contribution is 9.10. The monoisotopic (exact) mass is 433 g/mol. The predicted octanol–water partition coefficient (Wildman–Crippen LogP) is 4.12. The van der Waals surface area contributed by atoms with Gasteiger partial charge in [0.15, 0.2) is 5.49 Å². The lowest BCUT2D eigenvalue weighted by Gasteiger charge is -2.21. The number of hydrogen-bond acceptors (Lipinski definition) is 2. The summed E-state index contributed by atoms with van der Waals surface area (Å²) in [5.41, 5.74) is 3.37. The molecule has 1 amide bonds. The first-order chi connectivity index (χ1) is 12.7. The van der Waals surface area contributed by atoms with Gasteiger partial charge in [-0.25, -0.2) is 0 Å². The zero-order valence-electron chi connectivity index (χ0n) is 16.8. The van der Waals surface area contributed by atoms with E-state index in [1.165, 1.54) is 0 Å². The number of aryl methyl sites for hydroxylation is 1. The van der Waals surface area contributed by atoms with E-state index in [0.717, 1.165) is 35.2 Å². The average molecular weight is 434 g/mol. The van der Waals surface area contributed by atoms with Gasteiger partial charge in [-0.05, 0) is 47.3 Å². The van der Waals surface area contributed by atoms with Crippen LogP contribution >= 0.6 is 15.9 Å². The molecule has 146 valence electrons. The Bertz CT molecular complexity index is 912. The van der Waals surface area contributed by atoms with E-state index in [0.29, 0.717) is 17.6 Å². The Morgan fingerprint density at radius 3 is 2.74 bits per heavy atom. The van der Waals surface area contributed by atoms with Crippen LogP contribution in [0.3, 0.4) is 0 Å². The van der Waals surface area contributed by atoms with Gasteiger partial charge in [-0.15, -0.1) is 0 Å². The van der Waals surface area contributed by atoms with Gasteiger partial charge in [-0.3, -0.25) is 14.2 Å². The van der Waals surface area contributed by atoms with E-state index in [9.17, 15) is 4.79 Å². The number of benzene rings is 1. The molecule has 5 nitrogen and oxygen atoms in total. The fourth-order valence-corrected chi connectivity index (χ4v) is 3.97. The maximum atomic E-state index is 12.9. The van der Waals surface area contributed by atoms with Crippen molar-refractivity contribution in [2.24, 2.45) is 12.0 Å². The topological polar surface area (TPSA) is 48.5 Å². The highest BCUT2D eigenvalue weighted by Crippen LogP contribution is 2.23. The van der Waals surface area contributed by atoms with Crippen molar-refractivity contribution < 1.29 is 9.53 Å². The number of carbonyl (C=O) groups excluding carboxylic acids is 1. The van der Waals surface area contributed by atoms with Gasteiger partial charge in [0.2, 0.25) is 0 Å². The maximum Gasteiger partial charge on any atom is 0.280 e. The first-order valence-corrected chi connectivity index (χ1v) is 10.2. The van der Waals surface area contributed by atoms with Crippen LogP contribution in [-0.2, 0) is 23.7 Å². The molecule has 1 aromatic heterocycles. The largest absolute Gasteiger partial charge is 0.376 e. The smallest absolute Gasteiger partial charge is 0.280 e. The minimum Gasteiger partial charge on any atom is -0.376 e. The van der Waals surface area contributed by atoms with Crippen LogP contribution in [0.25, 0.3) is 0 Å². The third-order valence-electron chi connectivity index (χ3n) is 5.05. The van der Waals surface area contributed by atoms with Crippen LogP contribution in [0.5, 0.6) is 0 Å². The Morgan fingerprint density at radius 2 is 2.11 bits per heavy atom. The minimum absolute atomic E-state index is 0.0478. The van der Waals surface area contributed by atoms with Crippen molar-refractivity contribution in [2.45, 2.75) is 58.6 Å². The molecule has 6 heteroatoms. The Labute approximate surface area is 169 Å². The van der Waals surface area contributed by atoms with Crippen molar-refractivity contribution in [3.05, 3.63) is 51.0 Å². The highest BCUT2D eigenvalue weighted by atomic mass is 79.9. The van der Waals surface area contributed by atoms with Gasteiger partial charge in [0, 0.05) is 35.3 Å². The molecule has 0 N–H and O–H groups in total. The van der Waals surface area contributed by atoms with Crippen LogP contribution in [-0.4, -0.2) is 28.0 Å². The second-order valence-electron chi connectivity index (χ2n) is 8.23. The molecule has 1 aromatic carbocycles. The summed E-state index contributed by atoms with van der Waals surface area (Å²) >= 11 is 3.52. The van der Waals surface area contributed by atoms with Gasteiger partial charge in [0.25, 0.3) is 5.91 Å². The lowest BCUT2D eigenvalue weighted by atomic mass is 9.92. The quantitative estimate of drug-likeness (QED) is 0.730. The molecule has 1 aliphatic rings. The summed E-state index contributed by atoms with van der Waals surface area (Å²) in [5, 5.41) is 0. The van der Waals surface area contributed by atoms with E-state index < -0.39 is 0 Å². The van der Waals surface area contributed by atoms with Gasteiger partial charge < -0.3 is 4.74 Å². The fourth-order valence-electron chi connectivity index (χ4n) is 3.54. The SMILES string of the molecule is Cc1cccc(C(=O)/N=c2/cc(C(C)(C)C)n(C)n2C[C@H]2CCCO2)c1Br. The average Bonchev–Trinajstić information content (AvgIpc) is 3.20. The highest BCUT2D eigenvalue weighted by Gasteiger charge is 2.23. The second-order valence-corrected chi connectivity index (χ2v) is 9.02. The molecule has 0 bridgehead atoms. The Balaban J connectivity index is 2.08. The molecule has 1 atom stereocenters. The van der Waals surface area contributed by atoms with Gasteiger partial charge >= 0.3 is 0 Å². The van der Waals surface area contributed by atoms with E-state index in [4.69, 9.17) is 4.74 Å². The molecule has 0 aliphatic carbocycles. The molecule has 0 radical (unpaired) electrons. The standard InChI is InChI=1S/C21H28BrN3O2/c1-14-8-6-10-16(19(14)22)20(26)23-18-12-17(21(2,3)4)24(5)25(18)13-15-9-7-11-27-15/h6,8,10,12,15H,7,9,11,13H2,1-5H3/b23-18-/t15-/m1/s1. The Hall–Kier alpha value is -1.66. The number of ether oxygens (including phenoxy) is 1. The molecule has 0 spiro atoms. The van der Waals surface area contributed by atoms with Crippen LogP contribution in [0.15, 0.2) is 33.7 Å². The Kier molecular flexibility index (Phi) is 5.77. The molecule has 1 fully saturated rings. The third-order valence-corrected chi connectivity index (χ3v) is 6.10. The molecular weight excluding hydrogens is 406 g/mol. The van der Waals surface area contributed by atoms with Crippen LogP contribution < -0.4 is 5.49 Å². The van der Waals surface area contributed by atoms with Crippen LogP contribution in [0.4, 0.5) is 0 Å². The number of halogens is 1. The van der Waals surface area contributed by atoms with E-state index >= 15 is 0 Å². The molecule has 2 aromatic rings. The van der Waals surface area contributed by atoms with Crippen LogP contribution in [0.1, 0.15) is 55.2 Å². The van der Waals surface area contributed by atoms with Crippen molar-refractivity contribution in [3.63, 3.8) is 0 Å². The summed E-state index contributed by atoms with van der Waals surface area (Å²) < 4.78 is 10.8. The maximum absolute atomic E-state index is 12.9. The van der Waals surface area contributed by atoms with Gasteiger partial charge in [-0.1, -0.05) is 32.9 Å². The second kappa shape index (κ2) is 7.76. The third kappa shape index (κ3) is 4.27. The number of nitrogens with zero attached hydrogens (tertiary/aromatic N) is 3. The molecule has 1 saturated heterocycles. The molecular formula is C21H28BrN3O2. The number of carbonyl (C=O) groups is 1. The predicted molar refractivity (Wildman–Crippen MR) is 110 cm³/mol. The minimum atomic E-state index is -0.238. The van der Waals surface area contributed by atoms with Crippen LogP contribution in [0, 0.1) is 6.92 Å². The number of amides is 1. The van der Waals surface area contributed by atoms with Gasteiger partial charge in [0.1, 0.15) is 0 Å². The molecule has 27 heavy (non-hydrogen) atoms. The number of rotatable bonds is 3. The van der Waals surface area contributed by atoms with Crippen molar-refractivity contribution in [2.75, 3.05) is 6.61 Å². The first kappa shape index (κ1) is 20.1. The van der Waals surface area contributed by atoms with E-state index in [1.54, 1.807) is 6.07 Å². The summed E-state index contributed by atoms with van der Waals surface area (Å²) in [4.78, 5) is 17.4. The molecule has 1 aliphatic heterocycles. The van der Waals surface area contributed by atoms with Gasteiger partial charge in [0.05, 0.1) is 18.2 Å². The van der Waals surface area contributed by atoms with E-state index in [1.807, 2.05) is 32.2 Å². The van der Waals surface area contributed by atoms with Crippen LogP contribution in [0.2, 0.25) is 0 Å². The van der Waals surface area contributed by atoms with Crippen molar-refractivity contribution in [1.82, 2.24) is 9.36 Å². The lowest BCUT2D eigenvalue weighted by Crippen LogP contribution is -2.30. The number of aromatic nitrogens is 2. The fraction of sp³-hybridized carbons (Fsp3) is 0.524. The summed E-state index contributed by atoms with van der Waals surface area (Å²) in [6.45, 7) is 9.99. The summed E-state index contributed by atoms with van der Waals surface area (Å²) in [6.07, 6.45) is 2.30. The molecule has 0 unspecified atom stereocenters. The number of hydrogen-bond donors (Lipinski definition) is 0. The summed E-state index contributed by atoms with van der Waals surface area (Å²) in [6, 6.07) is 7.69. The summed E-state index contributed by atoms with van der Waals surface area (Å²) in [7, 11) is 2.03. The van der Waals surface area contributed by atoms with Crippen molar-refractivity contribution >= 4 is 21.8 Å². The van der Waals surface area contributed by atoms with Gasteiger partial charge in [-0.2, -0.15) is 4.99 Å². The normalized spacial score (nSPS) is 18.3. The summed E-state index contributed by atoms with van der Waals surface area (Å²) in [5.74, 6) is -0.238. The Morgan fingerprint density at radius 1 is 1.37 bits per heavy atom. The van der Waals surface area contributed by atoms with Crippen molar-refractivity contribution in [1.29, 1.82) is 0 Å². The zero-order chi connectivity index (χ0) is 19.8. The zero-order valence-corrected chi connectivity index (χ0v) is 18.3. The lowest BCUT2D eigenvalue weighted by molar-refractivity contribution is 0.0885. The van der Waals surface area contributed by atoms with E-state index in [2.05, 4.69) is 51.1 Å². The first-order valence-electron chi connectivity index (χ1n) is 9.41. The van der Waals surface area contributed by atoms with Crippen molar-refractivity contribution in [3.8, 4) is 0 Å². The van der Waals surface area contributed by atoms with E-state index in [-0.39, 0.29) is 17.4 Å². The molecule has 0 saturated carbocycles. The molecule has 2 heterocycles.